The Labute approximate surface area is 562 Å². The highest BCUT2D eigenvalue weighted by Crippen LogP contribution is 2.65. The molecule has 0 aliphatic heterocycles. The summed E-state index contributed by atoms with van der Waals surface area (Å²) in [4.78, 5) is 0. The van der Waals surface area contributed by atoms with Crippen molar-refractivity contribution in [1.82, 2.24) is 0 Å². The van der Waals surface area contributed by atoms with Gasteiger partial charge in [0.15, 0.2) is 0 Å². The zero-order valence-electron chi connectivity index (χ0n) is 53.7. The van der Waals surface area contributed by atoms with Gasteiger partial charge in [-0.1, -0.05) is 291 Å². The molecule has 0 fully saturated rings. The average Bonchev–Trinajstić information content (AvgIpc) is 1.52. The summed E-state index contributed by atoms with van der Waals surface area (Å²) in [7, 11) is 0. The first-order valence-corrected chi connectivity index (χ1v) is 34.1. The largest absolute Gasteiger partial charge is 0.0617 e. The Morgan fingerprint density at radius 1 is 0.227 bits per heavy atom. The van der Waals surface area contributed by atoms with Gasteiger partial charge < -0.3 is 0 Å². The first-order chi connectivity index (χ1) is 47.9. The molecule has 0 heterocycles. The number of benzene rings is 16. The van der Waals surface area contributed by atoms with Crippen LogP contribution in [0, 0.1) is 19.8 Å². The van der Waals surface area contributed by atoms with Crippen LogP contribution in [0.3, 0.4) is 0 Å². The van der Waals surface area contributed by atoms with Crippen LogP contribution in [0.1, 0.15) is 38.9 Å². The van der Waals surface area contributed by atoms with Crippen LogP contribution in [-0.2, 0) is 0 Å². The average molecular weight is 1230 g/mol. The smallest absolute Gasteiger partial charge is 0.0340 e. The minimum atomic E-state index is 0.157. The molecule has 0 amide bonds. The van der Waals surface area contributed by atoms with E-state index in [0.29, 0.717) is 0 Å². The van der Waals surface area contributed by atoms with Crippen molar-refractivity contribution in [3.05, 3.63) is 394 Å². The summed E-state index contributed by atoms with van der Waals surface area (Å²) in [6.07, 6.45) is 19.0. The Kier molecular flexibility index (Phi) is 11.5. The van der Waals surface area contributed by atoms with Gasteiger partial charge in [0, 0.05) is 5.92 Å². The summed E-state index contributed by atoms with van der Waals surface area (Å²) < 4.78 is 0. The van der Waals surface area contributed by atoms with E-state index in [9.17, 15) is 0 Å². The summed E-state index contributed by atoms with van der Waals surface area (Å²) in [5, 5.41) is 24.8. The number of fused-ring (bicyclic) bond motifs is 17. The lowest BCUT2D eigenvalue weighted by Gasteiger charge is -2.31. The number of hydrogen-bond donors (Lipinski definition) is 0. The van der Waals surface area contributed by atoms with Crippen LogP contribution >= 0.6 is 0 Å². The molecule has 0 bridgehead atoms. The van der Waals surface area contributed by atoms with Gasteiger partial charge in [0.2, 0.25) is 0 Å². The molecule has 0 aromatic heterocycles. The van der Waals surface area contributed by atoms with Gasteiger partial charge in [-0.05, 0) is 269 Å². The van der Waals surface area contributed by atoms with Crippen LogP contribution < -0.4 is 0 Å². The zero-order chi connectivity index (χ0) is 63.7. The van der Waals surface area contributed by atoms with Crippen LogP contribution in [0.5, 0.6) is 0 Å². The molecular weight excluding hydrogens is 1170 g/mol. The minimum Gasteiger partial charge on any atom is -0.0617 e. The molecule has 0 nitrogen and oxygen atoms in total. The third kappa shape index (κ3) is 7.93. The molecule has 0 radical (unpaired) electrons. The molecule has 448 valence electrons. The van der Waals surface area contributed by atoms with Gasteiger partial charge in [-0.15, -0.1) is 0 Å². The van der Waals surface area contributed by atoms with E-state index in [-0.39, 0.29) is 5.92 Å². The Morgan fingerprint density at radius 3 is 1.36 bits per heavy atom. The highest BCUT2D eigenvalue weighted by Gasteiger charge is 2.45. The topological polar surface area (TPSA) is 0 Å². The fourth-order valence-corrected chi connectivity index (χ4v) is 18.0. The second-order valence-corrected chi connectivity index (χ2v) is 27.3. The van der Waals surface area contributed by atoms with Crippen molar-refractivity contribution in [3.63, 3.8) is 0 Å². The van der Waals surface area contributed by atoms with E-state index in [1.54, 1.807) is 0 Å². The van der Waals surface area contributed by atoms with E-state index in [2.05, 4.69) is 335 Å². The summed E-state index contributed by atoms with van der Waals surface area (Å²) >= 11 is 0. The summed E-state index contributed by atoms with van der Waals surface area (Å²) in [5.74, 6) is 0.157. The quantitative estimate of drug-likeness (QED) is 0.115. The molecule has 97 heavy (non-hydrogen) atoms. The lowest BCUT2D eigenvalue weighted by Crippen LogP contribution is -2.16. The van der Waals surface area contributed by atoms with E-state index in [1.807, 2.05) is 0 Å². The summed E-state index contributed by atoms with van der Waals surface area (Å²) in [6, 6.07) is 104. The Balaban J connectivity index is 0.984. The molecule has 0 N–H and O–H groups in total. The fraction of sp³-hybridized carbons (Fsp3) is 0.0309. The third-order valence-electron chi connectivity index (χ3n) is 22.3. The minimum absolute atomic E-state index is 0.157. The zero-order valence-corrected chi connectivity index (χ0v) is 53.7. The molecule has 16 aromatic rings. The van der Waals surface area contributed by atoms with Crippen molar-refractivity contribution >= 4 is 130 Å². The highest BCUT2D eigenvalue weighted by atomic mass is 14.5. The van der Waals surface area contributed by atoms with E-state index in [4.69, 9.17) is 0 Å². The summed E-state index contributed by atoms with van der Waals surface area (Å²) in [6.45, 7) is 4.95. The molecule has 1 unspecified atom stereocenters. The highest BCUT2D eigenvalue weighted by molar-refractivity contribution is 6.35. The first kappa shape index (κ1) is 54.2. The van der Waals surface area contributed by atoms with Crippen LogP contribution in [0.15, 0.2) is 355 Å². The third-order valence-corrected chi connectivity index (χ3v) is 22.3. The summed E-state index contributed by atoms with van der Waals surface area (Å²) in [5.41, 5.74) is 26.5. The second-order valence-electron chi connectivity index (χ2n) is 27.3. The van der Waals surface area contributed by atoms with Gasteiger partial charge in [0.1, 0.15) is 0 Å². The SMILES string of the molecule is Cc1c2c(c(C)c(-c3cccc4c3ccc3ccccc34)c1-c1ccc3c(ccc4ccccc43)c1)C(c1ccc3ccc4ccccc4c3c1)=C1C(C3=CC4=CC=CC5=CC=CC(=C3)C54)=C(c3cccc4cc5ccccc5cc34)C(c3ccc4ccc5ccccc5c4c3)=C12. The van der Waals surface area contributed by atoms with Crippen LogP contribution in [0.4, 0.5) is 0 Å². The van der Waals surface area contributed by atoms with Crippen LogP contribution in [0.2, 0.25) is 0 Å². The van der Waals surface area contributed by atoms with Gasteiger partial charge in [-0.2, -0.15) is 0 Å². The lowest BCUT2D eigenvalue weighted by atomic mass is 9.72. The Hall–Kier alpha value is -12.2. The molecule has 5 aliphatic rings. The molecule has 0 saturated carbocycles. The van der Waals surface area contributed by atoms with Crippen molar-refractivity contribution in [2.24, 2.45) is 5.92 Å². The molecule has 5 aliphatic carbocycles. The predicted octanol–water partition coefficient (Wildman–Crippen LogP) is 25.8. The molecular formula is C97H60. The van der Waals surface area contributed by atoms with Gasteiger partial charge in [-0.25, -0.2) is 0 Å². The first-order valence-electron chi connectivity index (χ1n) is 34.1. The molecule has 16 aromatic carbocycles. The standard InChI is InChI=1S/C97H60/c1-56-87(71-46-47-79-68(50-71)42-39-58-17-5-9-28-75(58)79)88(82-34-16-32-80-76-29-10-6-20-61(76)45-48-81(80)82)57(2)89-90(56)96-93(73-44-41-63-38-36-60-19-8-12-31-78(60)85(63)55-73)95(83-33-15-25-67-49-65-21-3-4-22-66(65)53-86(67)83)94(74-51-69-26-13-23-64-24-14-27-70(52-74)91(64)69)97(96)92(89)72-43-40-62-37-35-59-18-7-11-30-77(59)84(62)54-72/h3-55,91H,1-2H3. The van der Waals surface area contributed by atoms with Gasteiger partial charge in [0.05, 0.1) is 0 Å². The fourth-order valence-electron chi connectivity index (χ4n) is 18.0. The maximum Gasteiger partial charge on any atom is 0.0340 e. The lowest BCUT2D eigenvalue weighted by molar-refractivity contribution is 0.873. The predicted molar refractivity (Wildman–Crippen MR) is 415 cm³/mol. The van der Waals surface area contributed by atoms with Crippen molar-refractivity contribution in [2.45, 2.75) is 13.8 Å². The van der Waals surface area contributed by atoms with Gasteiger partial charge >= 0.3 is 0 Å². The molecule has 0 saturated heterocycles. The molecule has 0 heteroatoms. The normalized spacial score (nSPS) is 15.7. The Bertz CT molecular complexity index is 6660. The van der Waals surface area contributed by atoms with Crippen molar-refractivity contribution < 1.29 is 0 Å². The number of rotatable bonds is 6. The monoisotopic (exact) mass is 1220 g/mol. The molecule has 0 spiro atoms. The molecule has 1 atom stereocenters. The number of hydrogen-bond acceptors (Lipinski definition) is 0. The van der Waals surface area contributed by atoms with E-state index in [1.165, 1.54) is 225 Å². The maximum atomic E-state index is 2.56. The van der Waals surface area contributed by atoms with Crippen molar-refractivity contribution in [2.75, 3.05) is 0 Å². The van der Waals surface area contributed by atoms with E-state index >= 15 is 0 Å². The van der Waals surface area contributed by atoms with E-state index in [0.717, 1.165) is 0 Å². The number of allylic oxidation sites excluding steroid dienone is 17. The van der Waals surface area contributed by atoms with Gasteiger partial charge in [-0.3, -0.25) is 0 Å². The van der Waals surface area contributed by atoms with Crippen LogP contribution in [0.25, 0.3) is 152 Å². The Morgan fingerprint density at radius 2 is 0.680 bits per heavy atom. The maximum absolute atomic E-state index is 2.56. The second kappa shape index (κ2) is 20.6. The van der Waals surface area contributed by atoms with Crippen LogP contribution in [-0.4, -0.2) is 0 Å². The van der Waals surface area contributed by atoms with Gasteiger partial charge in [0.25, 0.3) is 0 Å². The van der Waals surface area contributed by atoms with Crippen molar-refractivity contribution in [1.29, 1.82) is 0 Å². The molecule has 21 rings (SSSR count). The van der Waals surface area contributed by atoms with E-state index < -0.39 is 0 Å². The van der Waals surface area contributed by atoms with Crippen molar-refractivity contribution in [3.8, 4) is 22.3 Å².